The first-order chi connectivity index (χ1) is 6.99. The van der Waals surface area contributed by atoms with Crippen LogP contribution in [0.2, 0.25) is 0 Å². The lowest BCUT2D eigenvalue weighted by Crippen LogP contribution is -2.13. The summed E-state index contributed by atoms with van der Waals surface area (Å²) in [6, 6.07) is 6.00. The van der Waals surface area contributed by atoms with E-state index in [1.54, 1.807) is 7.11 Å². The van der Waals surface area contributed by atoms with Crippen LogP contribution < -0.4 is 9.47 Å². The fourth-order valence-electron chi connectivity index (χ4n) is 1.52. The molecule has 0 saturated heterocycles. The van der Waals surface area contributed by atoms with E-state index in [4.69, 9.17) is 9.47 Å². The minimum Gasteiger partial charge on any atom is -0.497 e. The van der Waals surface area contributed by atoms with Gasteiger partial charge in [-0.3, -0.25) is 0 Å². The molecule has 2 nitrogen and oxygen atoms in total. The molecule has 0 unspecified atom stereocenters. The van der Waals surface area contributed by atoms with Gasteiger partial charge in [0.25, 0.3) is 0 Å². The maximum Gasteiger partial charge on any atom is 0.126 e. The molecule has 0 saturated carbocycles. The number of hydrogen-bond acceptors (Lipinski definition) is 2. The van der Waals surface area contributed by atoms with Crippen molar-refractivity contribution in [3.63, 3.8) is 0 Å². The van der Waals surface area contributed by atoms with Crippen molar-refractivity contribution in [1.29, 1.82) is 0 Å². The summed E-state index contributed by atoms with van der Waals surface area (Å²) in [4.78, 5) is 0. The van der Waals surface area contributed by atoms with Crippen molar-refractivity contribution in [2.24, 2.45) is 0 Å². The summed E-state index contributed by atoms with van der Waals surface area (Å²) in [7, 11) is 1.67. The predicted octanol–water partition coefficient (Wildman–Crippen LogP) is 3.39. The van der Waals surface area contributed by atoms with Gasteiger partial charge < -0.3 is 9.47 Å². The second kappa shape index (κ2) is 4.56. The van der Waals surface area contributed by atoms with E-state index in [-0.39, 0.29) is 5.41 Å². The molecule has 15 heavy (non-hydrogen) atoms. The smallest absolute Gasteiger partial charge is 0.126 e. The highest BCUT2D eigenvalue weighted by Crippen LogP contribution is 2.34. The van der Waals surface area contributed by atoms with Crippen LogP contribution in [0.3, 0.4) is 0 Å². The summed E-state index contributed by atoms with van der Waals surface area (Å²) in [5, 5.41) is 0. The second-order valence-corrected chi connectivity index (χ2v) is 4.55. The van der Waals surface area contributed by atoms with Gasteiger partial charge in [0.15, 0.2) is 0 Å². The van der Waals surface area contributed by atoms with Crippen molar-refractivity contribution >= 4 is 0 Å². The topological polar surface area (TPSA) is 18.5 Å². The lowest BCUT2D eigenvalue weighted by atomic mass is 9.86. The van der Waals surface area contributed by atoms with E-state index in [0.29, 0.717) is 6.61 Å². The standard InChI is InChI=1S/C13H20O2/c1-6-15-12-9-10(14-5)7-8-11(12)13(2,3)4/h7-9H,6H2,1-5H3. The lowest BCUT2D eigenvalue weighted by Gasteiger charge is -2.23. The molecule has 0 bridgehead atoms. The molecule has 1 aromatic carbocycles. The maximum absolute atomic E-state index is 5.63. The Morgan fingerprint density at radius 2 is 1.87 bits per heavy atom. The van der Waals surface area contributed by atoms with Crippen LogP contribution in [0, 0.1) is 0 Å². The molecule has 0 aliphatic heterocycles. The monoisotopic (exact) mass is 208 g/mol. The Labute approximate surface area is 92.2 Å². The first kappa shape index (κ1) is 11.9. The maximum atomic E-state index is 5.63. The molecule has 0 radical (unpaired) electrons. The van der Waals surface area contributed by atoms with Gasteiger partial charge in [0, 0.05) is 6.07 Å². The average molecular weight is 208 g/mol. The van der Waals surface area contributed by atoms with Gasteiger partial charge >= 0.3 is 0 Å². The van der Waals surface area contributed by atoms with Gasteiger partial charge in [-0.2, -0.15) is 0 Å². The van der Waals surface area contributed by atoms with Gasteiger partial charge in [-0.05, 0) is 24.0 Å². The molecule has 0 fully saturated rings. The molecule has 0 spiro atoms. The SMILES string of the molecule is CCOc1cc(OC)ccc1C(C)(C)C. The zero-order valence-corrected chi connectivity index (χ0v) is 10.3. The van der Waals surface area contributed by atoms with E-state index in [9.17, 15) is 0 Å². The highest BCUT2D eigenvalue weighted by Gasteiger charge is 2.19. The molecule has 0 atom stereocenters. The van der Waals surface area contributed by atoms with Crippen molar-refractivity contribution in [2.75, 3.05) is 13.7 Å². The molecule has 0 aromatic heterocycles. The first-order valence-electron chi connectivity index (χ1n) is 5.30. The lowest BCUT2D eigenvalue weighted by molar-refractivity contribution is 0.326. The molecule has 0 N–H and O–H groups in total. The van der Waals surface area contributed by atoms with Gasteiger partial charge in [-0.1, -0.05) is 26.8 Å². The Kier molecular flexibility index (Phi) is 3.61. The average Bonchev–Trinajstić information content (AvgIpc) is 2.16. The molecular weight excluding hydrogens is 188 g/mol. The van der Waals surface area contributed by atoms with E-state index in [2.05, 4.69) is 26.8 Å². The fraction of sp³-hybridized carbons (Fsp3) is 0.538. The van der Waals surface area contributed by atoms with Gasteiger partial charge in [-0.25, -0.2) is 0 Å². The number of benzene rings is 1. The zero-order valence-electron chi connectivity index (χ0n) is 10.3. The third-order valence-corrected chi connectivity index (χ3v) is 2.30. The quantitative estimate of drug-likeness (QED) is 0.758. The minimum absolute atomic E-state index is 0.0940. The van der Waals surface area contributed by atoms with Crippen LogP contribution in [0.5, 0.6) is 11.5 Å². The summed E-state index contributed by atoms with van der Waals surface area (Å²) < 4.78 is 10.8. The Balaban J connectivity index is 3.15. The van der Waals surface area contributed by atoms with Gasteiger partial charge in [0.05, 0.1) is 13.7 Å². The Morgan fingerprint density at radius 3 is 2.33 bits per heavy atom. The van der Waals surface area contributed by atoms with E-state index in [1.807, 2.05) is 19.1 Å². The molecule has 1 aromatic rings. The van der Waals surface area contributed by atoms with E-state index >= 15 is 0 Å². The van der Waals surface area contributed by atoms with Crippen molar-refractivity contribution in [2.45, 2.75) is 33.1 Å². The zero-order chi connectivity index (χ0) is 11.5. The minimum atomic E-state index is 0.0940. The van der Waals surface area contributed by atoms with E-state index in [1.165, 1.54) is 5.56 Å². The summed E-state index contributed by atoms with van der Waals surface area (Å²) in [5.41, 5.74) is 1.31. The highest BCUT2D eigenvalue weighted by atomic mass is 16.5. The Bertz CT molecular complexity index is 324. The normalized spacial score (nSPS) is 11.3. The summed E-state index contributed by atoms with van der Waals surface area (Å²) in [6.45, 7) is 9.20. The first-order valence-corrected chi connectivity index (χ1v) is 5.30. The summed E-state index contributed by atoms with van der Waals surface area (Å²) in [6.07, 6.45) is 0. The van der Waals surface area contributed by atoms with Crippen molar-refractivity contribution in [1.82, 2.24) is 0 Å². The third-order valence-electron chi connectivity index (χ3n) is 2.30. The van der Waals surface area contributed by atoms with Crippen LogP contribution in [-0.4, -0.2) is 13.7 Å². The van der Waals surface area contributed by atoms with Crippen molar-refractivity contribution in [3.05, 3.63) is 23.8 Å². The summed E-state index contributed by atoms with van der Waals surface area (Å²) >= 11 is 0. The van der Waals surface area contributed by atoms with Gasteiger partial charge in [0.2, 0.25) is 0 Å². The van der Waals surface area contributed by atoms with Crippen LogP contribution in [0.25, 0.3) is 0 Å². The largest absolute Gasteiger partial charge is 0.497 e. The van der Waals surface area contributed by atoms with Gasteiger partial charge in [0.1, 0.15) is 11.5 Å². The molecule has 1 rings (SSSR count). The number of rotatable bonds is 3. The van der Waals surface area contributed by atoms with E-state index < -0.39 is 0 Å². The van der Waals surface area contributed by atoms with Crippen LogP contribution in [0.4, 0.5) is 0 Å². The molecule has 84 valence electrons. The molecule has 0 aliphatic rings. The van der Waals surface area contributed by atoms with Gasteiger partial charge in [-0.15, -0.1) is 0 Å². The van der Waals surface area contributed by atoms with Crippen LogP contribution in [0.15, 0.2) is 18.2 Å². The van der Waals surface area contributed by atoms with Crippen molar-refractivity contribution in [3.8, 4) is 11.5 Å². The van der Waals surface area contributed by atoms with Crippen LogP contribution in [-0.2, 0) is 5.41 Å². The fourth-order valence-corrected chi connectivity index (χ4v) is 1.52. The Hall–Kier alpha value is -1.18. The van der Waals surface area contributed by atoms with Crippen LogP contribution >= 0.6 is 0 Å². The molecule has 0 heterocycles. The highest BCUT2D eigenvalue weighted by molar-refractivity contribution is 5.44. The Morgan fingerprint density at radius 1 is 1.20 bits per heavy atom. The van der Waals surface area contributed by atoms with Crippen molar-refractivity contribution < 1.29 is 9.47 Å². The molecular formula is C13H20O2. The molecule has 2 heteroatoms. The van der Waals surface area contributed by atoms with E-state index in [0.717, 1.165) is 11.5 Å². The predicted molar refractivity (Wildman–Crippen MR) is 62.9 cm³/mol. The number of methoxy groups -OCH3 is 1. The molecule has 0 amide bonds. The number of hydrogen-bond donors (Lipinski definition) is 0. The third kappa shape index (κ3) is 2.88. The van der Waals surface area contributed by atoms with Crippen LogP contribution in [0.1, 0.15) is 33.3 Å². The molecule has 0 aliphatic carbocycles. The number of ether oxygens (including phenoxy) is 2. The summed E-state index contributed by atoms with van der Waals surface area (Å²) in [5.74, 6) is 1.76. The second-order valence-electron chi connectivity index (χ2n) is 4.55.